The number of thiophene rings is 1. The Morgan fingerprint density at radius 1 is 1.36 bits per heavy atom. The fourth-order valence-electron chi connectivity index (χ4n) is 3.26. The molecule has 3 amide bonds. The van der Waals surface area contributed by atoms with E-state index in [4.69, 9.17) is 17.3 Å². The molecular weight excluding hydrogens is 400 g/mol. The molecule has 4 rings (SSSR count). The SMILES string of the molecule is Nc1ncnc2cc(C[C@]3([N]C(=O)Nc4ccc(Cl)s4)CCNC3=O)ccc12. The Hall–Kier alpha value is -2.91. The van der Waals surface area contributed by atoms with Crippen LogP contribution in [-0.4, -0.2) is 34.0 Å². The Labute approximate surface area is 169 Å². The van der Waals surface area contributed by atoms with Gasteiger partial charge in [0.2, 0.25) is 5.91 Å². The third-order valence-electron chi connectivity index (χ3n) is 4.59. The smallest absolute Gasteiger partial charge is 0.342 e. The van der Waals surface area contributed by atoms with Crippen LogP contribution in [-0.2, 0) is 11.2 Å². The lowest BCUT2D eigenvalue weighted by molar-refractivity contribution is -0.124. The fourth-order valence-corrected chi connectivity index (χ4v) is 4.19. The molecule has 8 nitrogen and oxygen atoms in total. The largest absolute Gasteiger partial charge is 0.383 e. The van der Waals surface area contributed by atoms with Gasteiger partial charge in [0, 0.05) is 18.4 Å². The normalized spacial score (nSPS) is 18.8. The van der Waals surface area contributed by atoms with Crippen molar-refractivity contribution in [2.75, 3.05) is 17.6 Å². The summed E-state index contributed by atoms with van der Waals surface area (Å²) in [5, 5.41) is 11.0. The van der Waals surface area contributed by atoms with Gasteiger partial charge in [0.05, 0.1) is 14.9 Å². The summed E-state index contributed by atoms with van der Waals surface area (Å²) in [6.45, 7) is 0.461. The summed E-state index contributed by atoms with van der Waals surface area (Å²) in [5.74, 6) is 0.123. The number of benzene rings is 1. The van der Waals surface area contributed by atoms with E-state index in [1.54, 1.807) is 12.1 Å². The average Bonchev–Trinajstić information content (AvgIpc) is 3.21. The molecule has 10 heteroatoms. The molecule has 2 aromatic heterocycles. The number of hydrogen-bond acceptors (Lipinski definition) is 6. The first-order valence-corrected chi connectivity index (χ1v) is 9.71. The van der Waals surface area contributed by atoms with Crippen molar-refractivity contribution in [1.29, 1.82) is 0 Å². The Morgan fingerprint density at radius 3 is 2.93 bits per heavy atom. The molecule has 1 aliphatic rings. The monoisotopic (exact) mass is 415 g/mol. The summed E-state index contributed by atoms with van der Waals surface area (Å²) in [6, 6.07) is 8.30. The van der Waals surface area contributed by atoms with E-state index in [1.165, 1.54) is 17.7 Å². The van der Waals surface area contributed by atoms with Crippen molar-refractivity contribution < 1.29 is 9.59 Å². The quantitative estimate of drug-likeness (QED) is 0.604. The Kier molecular flexibility index (Phi) is 4.78. The maximum atomic E-state index is 12.6. The fraction of sp³-hybridized carbons (Fsp3) is 0.222. The number of nitrogens with two attached hydrogens (primary N) is 1. The van der Waals surface area contributed by atoms with Crippen LogP contribution in [0.4, 0.5) is 15.6 Å². The van der Waals surface area contributed by atoms with Crippen molar-refractivity contribution >= 4 is 56.6 Å². The predicted molar refractivity (Wildman–Crippen MR) is 108 cm³/mol. The van der Waals surface area contributed by atoms with Crippen molar-refractivity contribution in [3.63, 3.8) is 0 Å². The number of carbonyl (C=O) groups is 2. The van der Waals surface area contributed by atoms with Crippen LogP contribution in [0.15, 0.2) is 36.7 Å². The van der Waals surface area contributed by atoms with Crippen molar-refractivity contribution in [2.24, 2.45) is 0 Å². The number of rotatable bonds is 4. The molecule has 1 aromatic carbocycles. The summed E-state index contributed by atoms with van der Waals surface area (Å²) in [7, 11) is 0. The minimum Gasteiger partial charge on any atom is -0.383 e. The van der Waals surface area contributed by atoms with E-state index >= 15 is 0 Å². The van der Waals surface area contributed by atoms with Gasteiger partial charge < -0.3 is 11.1 Å². The molecule has 1 fully saturated rings. The number of aromatic nitrogens is 2. The van der Waals surface area contributed by atoms with E-state index in [1.807, 2.05) is 18.2 Å². The molecule has 143 valence electrons. The van der Waals surface area contributed by atoms with E-state index < -0.39 is 11.6 Å². The highest BCUT2D eigenvalue weighted by molar-refractivity contribution is 7.20. The lowest BCUT2D eigenvalue weighted by Crippen LogP contribution is -2.51. The van der Waals surface area contributed by atoms with Crippen molar-refractivity contribution in [3.8, 4) is 0 Å². The van der Waals surface area contributed by atoms with Gasteiger partial charge in [0.25, 0.3) is 0 Å². The number of nitrogens with zero attached hydrogens (tertiary/aromatic N) is 3. The molecule has 0 aliphatic carbocycles. The zero-order valence-corrected chi connectivity index (χ0v) is 16.2. The predicted octanol–water partition coefficient (Wildman–Crippen LogP) is 2.56. The van der Waals surface area contributed by atoms with Crippen LogP contribution in [0, 0.1) is 0 Å². The summed E-state index contributed by atoms with van der Waals surface area (Å²) in [4.78, 5) is 33.2. The van der Waals surface area contributed by atoms with Crippen molar-refractivity contribution in [1.82, 2.24) is 20.6 Å². The average molecular weight is 416 g/mol. The molecule has 1 radical (unpaired) electrons. The van der Waals surface area contributed by atoms with E-state index in [-0.39, 0.29) is 12.3 Å². The highest BCUT2D eigenvalue weighted by Crippen LogP contribution is 2.28. The van der Waals surface area contributed by atoms with Crippen LogP contribution in [0.25, 0.3) is 10.9 Å². The molecular formula is C18H16ClN6O2S. The van der Waals surface area contributed by atoms with Gasteiger partial charge >= 0.3 is 6.03 Å². The van der Waals surface area contributed by atoms with Gasteiger partial charge in [-0.25, -0.2) is 20.1 Å². The number of amides is 3. The van der Waals surface area contributed by atoms with Crippen molar-refractivity contribution in [2.45, 2.75) is 18.4 Å². The van der Waals surface area contributed by atoms with Gasteiger partial charge in [0.15, 0.2) is 5.54 Å². The van der Waals surface area contributed by atoms with Crippen LogP contribution in [0.3, 0.4) is 0 Å². The van der Waals surface area contributed by atoms with Crippen LogP contribution >= 0.6 is 22.9 Å². The number of urea groups is 1. The summed E-state index contributed by atoms with van der Waals surface area (Å²) >= 11 is 7.11. The third-order valence-corrected chi connectivity index (χ3v) is 5.74. The number of anilines is 2. The maximum Gasteiger partial charge on any atom is 0.342 e. The Bertz CT molecular complexity index is 1070. The lowest BCUT2D eigenvalue weighted by Gasteiger charge is -2.25. The molecule has 3 heterocycles. The minimum atomic E-state index is -1.17. The molecule has 1 saturated heterocycles. The first-order valence-electron chi connectivity index (χ1n) is 8.52. The van der Waals surface area contributed by atoms with Gasteiger partial charge in [-0.1, -0.05) is 17.7 Å². The summed E-state index contributed by atoms with van der Waals surface area (Å²) in [5.41, 5.74) is 6.20. The Balaban J connectivity index is 1.57. The van der Waals surface area contributed by atoms with Crippen molar-refractivity contribution in [3.05, 3.63) is 46.6 Å². The second-order valence-electron chi connectivity index (χ2n) is 6.47. The summed E-state index contributed by atoms with van der Waals surface area (Å²) in [6.07, 6.45) is 2.09. The van der Waals surface area contributed by atoms with Gasteiger partial charge in [-0.2, -0.15) is 0 Å². The van der Waals surface area contributed by atoms with E-state index in [2.05, 4.69) is 25.9 Å². The summed E-state index contributed by atoms with van der Waals surface area (Å²) < 4.78 is 0.557. The topological polar surface area (TPSA) is 124 Å². The molecule has 28 heavy (non-hydrogen) atoms. The molecule has 4 N–H and O–H groups in total. The first-order chi connectivity index (χ1) is 13.4. The van der Waals surface area contributed by atoms with Crippen LogP contribution in [0.1, 0.15) is 12.0 Å². The first kappa shape index (κ1) is 18.5. The zero-order valence-electron chi connectivity index (χ0n) is 14.6. The van der Waals surface area contributed by atoms with Gasteiger partial charge in [-0.05, 0) is 36.2 Å². The third kappa shape index (κ3) is 3.58. The van der Waals surface area contributed by atoms with E-state index in [9.17, 15) is 9.59 Å². The maximum absolute atomic E-state index is 12.6. The Morgan fingerprint density at radius 2 is 2.21 bits per heavy atom. The second kappa shape index (κ2) is 7.25. The molecule has 1 aliphatic heterocycles. The standard InChI is InChI=1S/C18H16ClN6O2S/c19-13-3-4-14(28-13)24-17(27)25-18(5-6-21-16(18)26)8-10-1-2-11-12(7-10)22-9-23-15(11)20/h1-4,7,9H,5-6,8H2,(H,21,26)(H,24,27)(H2,20,22,23)/t18-/m1/s1. The molecule has 0 bridgehead atoms. The van der Waals surface area contributed by atoms with Crippen LogP contribution in [0.2, 0.25) is 4.34 Å². The number of carbonyl (C=O) groups excluding carboxylic acids is 2. The number of fused-ring (bicyclic) bond motifs is 1. The van der Waals surface area contributed by atoms with Gasteiger partial charge in [-0.3, -0.25) is 10.1 Å². The molecule has 0 spiro atoms. The molecule has 3 aromatic rings. The highest BCUT2D eigenvalue weighted by Gasteiger charge is 2.45. The number of hydrogen-bond donors (Lipinski definition) is 3. The zero-order chi connectivity index (χ0) is 19.7. The highest BCUT2D eigenvalue weighted by atomic mass is 35.5. The van der Waals surface area contributed by atoms with E-state index in [0.29, 0.717) is 33.6 Å². The number of nitrogen functional groups attached to an aromatic ring is 1. The van der Waals surface area contributed by atoms with Gasteiger partial charge in [0.1, 0.15) is 12.1 Å². The lowest BCUT2D eigenvalue weighted by atomic mass is 9.89. The molecule has 1 atom stereocenters. The second-order valence-corrected chi connectivity index (χ2v) is 8.19. The van der Waals surface area contributed by atoms with Gasteiger partial charge in [-0.15, -0.1) is 11.3 Å². The number of halogens is 1. The van der Waals surface area contributed by atoms with Crippen LogP contribution < -0.4 is 21.7 Å². The molecule has 0 saturated carbocycles. The van der Waals surface area contributed by atoms with E-state index in [0.717, 1.165) is 10.9 Å². The van der Waals surface area contributed by atoms with Crippen LogP contribution in [0.5, 0.6) is 0 Å². The number of nitrogens with one attached hydrogen (secondary N) is 2. The molecule has 0 unspecified atom stereocenters. The minimum absolute atomic E-state index is 0.269.